The lowest BCUT2D eigenvalue weighted by Gasteiger charge is -2.20. The van der Waals surface area contributed by atoms with Crippen molar-refractivity contribution in [3.05, 3.63) is 124 Å². The van der Waals surface area contributed by atoms with Crippen molar-refractivity contribution in [3.63, 3.8) is 0 Å². The number of amides is 1. The van der Waals surface area contributed by atoms with Gasteiger partial charge in [0, 0.05) is 18.0 Å². The molecule has 0 aliphatic heterocycles. The first kappa shape index (κ1) is 22.9. The highest BCUT2D eigenvalue weighted by atomic mass is 35.5. The van der Waals surface area contributed by atoms with E-state index in [4.69, 9.17) is 21.4 Å². The van der Waals surface area contributed by atoms with Crippen molar-refractivity contribution in [2.45, 2.75) is 12.6 Å². The maximum Gasteiger partial charge on any atom is 0.335 e. The van der Waals surface area contributed by atoms with Crippen LogP contribution in [0.25, 0.3) is 0 Å². The fourth-order valence-electron chi connectivity index (χ4n) is 3.34. The number of carbonyl (C=O) groups excluding carboxylic acids is 1. The second kappa shape index (κ2) is 10.6. The number of carboxylic acid groups (broad SMARTS) is 1. The molecule has 1 amide bonds. The zero-order chi connectivity index (χ0) is 23.9. The van der Waals surface area contributed by atoms with Gasteiger partial charge in [-0.05, 0) is 47.5 Å². The number of carboxylic acids is 1. The van der Waals surface area contributed by atoms with E-state index in [0.717, 1.165) is 5.56 Å². The standard InChI is InChI=1S/C26H20ClN3O4/c27-24-23(28-13-14-29-24)22(30-25(31)18-9-11-19(12-10-18)26(32)33)20-7-4-8-21(15-20)34-16-17-5-2-1-3-6-17/h1-15,22H,16H2,(H,30,31)(H,32,33). The van der Waals surface area contributed by atoms with E-state index >= 15 is 0 Å². The second-order valence-corrected chi connectivity index (χ2v) is 7.73. The Morgan fingerprint density at radius 2 is 1.62 bits per heavy atom. The van der Waals surface area contributed by atoms with Gasteiger partial charge in [0.1, 0.15) is 24.1 Å². The molecule has 3 aromatic carbocycles. The fourth-order valence-corrected chi connectivity index (χ4v) is 3.55. The lowest BCUT2D eigenvalue weighted by Crippen LogP contribution is -2.30. The van der Waals surface area contributed by atoms with E-state index in [1.54, 1.807) is 0 Å². The number of halogens is 1. The predicted octanol–water partition coefficient (Wildman–Crippen LogP) is 4.93. The second-order valence-electron chi connectivity index (χ2n) is 7.37. The largest absolute Gasteiger partial charge is 0.489 e. The van der Waals surface area contributed by atoms with Gasteiger partial charge in [-0.2, -0.15) is 0 Å². The van der Waals surface area contributed by atoms with E-state index in [1.165, 1.54) is 36.7 Å². The normalized spacial score (nSPS) is 11.4. The monoisotopic (exact) mass is 473 g/mol. The van der Waals surface area contributed by atoms with Gasteiger partial charge in [-0.25, -0.2) is 9.78 Å². The molecule has 1 aromatic heterocycles. The molecule has 4 rings (SSSR count). The smallest absolute Gasteiger partial charge is 0.335 e. The Kier molecular flexibility index (Phi) is 7.15. The molecule has 7 nitrogen and oxygen atoms in total. The number of nitrogens with zero attached hydrogens (tertiary/aromatic N) is 2. The number of hydrogen-bond acceptors (Lipinski definition) is 5. The number of carbonyl (C=O) groups is 2. The van der Waals surface area contributed by atoms with Gasteiger partial charge in [0.25, 0.3) is 5.91 Å². The van der Waals surface area contributed by atoms with Gasteiger partial charge in [-0.3, -0.25) is 9.78 Å². The van der Waals surface area contributed by atoms with Crippen LogP contribution >= 0.6 is 11.6 Å². The van der Waals surface area contributed by atoms with Crippen molar-refractivity contribution in [1.29, 1.82) is 0 Å². The van der Waals surface area contributed by atoms with Crippen molar-refractivity contribution < 1.29 is 19.4 Å². The topological polar surface area (TPSA) is 101 Å². The van der Waals surface area contributed by atoms with E-state index < -0.39 is 17.9 Å². The first-order valence-corrected chi connectivity index (χ1v) is 10.8. The number of hydrogen-bond donors (Lipinski definition) is 2. The van der Waals surface area contributed by atoms with Gasteiger partial charge < -0.3 is 15.2 Å². The molecule has 0 aliphatic rings. The lowest BCUT2D eigenvalue weighted by molar-refractivity contribution is 0.0696. The summed E-state index contributed by atoms with van der Waals surface area (Å²) in [5.41, 5.74) is 2.49. The Bertz CT molecular complexity index is 1300. The summed E-state index contributed by atoms with van der Waals surface area (Å²) < 4.78 is 5.94. The van der Waals surface area contributed by atoms with Gasteiger partial charge >= 0.3 is 5.97 Å². The molecule has 2 N–H and O–H groups in total. The third kappa shape index (κ3) is 5.57. The first-order chi connectivity index (χ1) is 16.5. The highest BCUT2D eigenvalue weighted by Gasteiger charge is 2.23. The highest BCUT2D eigenvalue weighted by molar-refractivity contribution is 6.30. The van der Waals surface area contributed by atoms with E-state index in [-0.39, 0.29) is 10.7 Å². The molecule has 1 heterocycles. The quantitative estimate of drug-likeness (QED) is 0.376. The van der Waals surface area contributed by atoms with Crippen molar-refractivity contribution in [2.75, 3.05) is 0 Å². The van der Waals surface area contributed by atoms with E-state index in [1.807, 2.05) is 54.6 Å². The summed E-state index contributed by atoms with van der Waals surface area (Å²) in [5, 5.41) is 12.2. The average molecular weight is 474 g/mol. The maximum atomic E-state index is 13.0. The molecule has 8 heteroatoms. The Hall–Kier alpha value is -4.23. The number of nitrogens with one attached hydrogen (secondary N) is 1. The van der Waals surface area contributed by atoms with Crippen molar-refractivity contribution in [3.8, 4) is 5.75 Å². The molecule has 0 fully saturated rings. The van der Waals surface area contributed by atoms with Gasteiger partial charge in [0.2, 0.25) is 0 Å². The Morgan fingerprint density at radius 3 is 2.32 bits per heavy atom. The number of rotatable bonds is 8. The van der Waals surface area contributed by atoms with E-state index in [2.05, 4.69) is 15.3 Å². The Balaban J connectivity index is 1.61. The van der Waals surface area contributed by atoms with Crippen LogP contribution < -0.4 is 10.1 Å². The lowest BCUT2D eigenvalue weighted by atomic mass is 10.0. The van der Waals surface area contributed by atoms with Crippen molar-refractivity contribution in [2.24, 2.45) is 0 Å². The molecule has 0 radical (unpaired) electrons. The summed E-state index contributed by atoms with van der Waals surface area (Å²) >= 11 is 6.31. The Morgan fingerprint density at radius 1 is 0.912 bits per heavy atom. The summed E-state index contributed by atoms with van der Waals surface area (Å²) in [6, 6.07) is 22.0. The summed E-state index contributed by atoms with van der Waals surface area (Å²) in [5.74, 6) is -0.866. The molecule has 0 saturated carbocycles. The number of ether oxygens (including phenoxy) is 1. The van der Waals surface area contributed by atoms with Crippen LogP contribution in [0.2, 0.25) is 5.15 Å². The van der Waals surface area contributed by atoms with Crippen LogP contribution in [0.15, 0.2) is 91.3 Å². The number of aromatic carboxylic acids is 1. The Labute approximate surface area is 201 Å². The summed E-state index contributed by atoms with van der Waals surface area (Å²) in [4.78, 5) is 32.5. The molecule has 1 atom stereocenters. The van der Waals surface area contributed by atoms with E-state index in [9.17, 15) is 9.59 Å². The average Bonchev–Trinajstić information content (AvgIpc) is 2.87. The zero-order valence-electron chi connectivity index (χ0n) is 17.9. The molecule has 0 bridgehead atoms. The van der Waals surface area contributed by atoms with Gasteiger partial charge in [-0.15, -0.1) is 0 Å². The van der Waals surface area contributed by atoms with Crippen LogP contribution in [-0.4, -0.2) is 27.0 Å². The van der Waals surface area contributed by atoms with Crippen LogP contribution in [-0.2, 0) is 6.61 Å². The molecule has 1 unspecified atom stereocenters. The first-order valence-electron chi connectivity index (χ1n) is 10.4. The van der Waals surface area contributed by atoms with E-state index in [0.29, 0.717) is 29.2 Å². The maximum absolute atomic E-state index is 13.0. The molecule has 0 aliphatic carbocycles. The highest BCUT2D eigenvalue weighted by Crippen LogP contribution is 2.28. The molecule has 0 spiro atoms. The third-order valence-electron chi connectivity index (χ3n) is 5.06. The predicted molar refractivity (Wildman–Crippen MR) is 127 cm³/mol. The summed E-state index contributed by atoms with van der Waals surface area (Å²) in [6.45, 7) is 0.392. The molecule has 34 heavy (non-hydrogen) atoms. The van der Waals surface area contributed by atoms with Crippen molar-refractivity contribution >= 4 is 23.5 Å². The number of benzene rings is 3. The fraction of sp³-hybridized carbons (Fsp3) is 0.0769. The van der Waals surface area contributed by atoms with Gasteiger partial charge in [-0.1, -0.05) is 54.1 Å². The SMILES string of the molecule is O=C(O)c1ccc(C(=O)NC(c2cccc(OCc3ccccc3)c2)c2nccnc2Cl)cc1. The molecule has 4 aromatic rings. The van der Waals surface area contributed by atoms with Crippen LogP contribution in [0.3, 0.4) is 0 Å². The summed E-state index contributed by atoms with van der Waals surface area (Å²) in [6.07, 6.45) is 2.96. The molecule has 0 saturated heterocycles. The number of aromatic nitrogens is 2. The van der Waals surface area contributed by atoms with Gasteiger partial charge in [0.15, 0.2) is 5.15 Å². The van der Waals surface area contributed by atoms with Crippen LogP contribution in [0.5, 0.6) is 5.75 Å². The molecular formula is C26H20ClN3O4. The van der Waals surface area contributed by atoms with Crippen LogP contribution in [0, 0.1) is 0 Å². The minimum atomic E-state index is -1.07. The zero-order valence-corrected chi connectivity index (χ0v) is 18.6. The minimum absolute atomic E-state index is 0.0911. The van der Waals surface area contributed by atoms with Gasteiger partial charge in [0.05, 0.1) is 5.56 Å². The van der Waals surface area contributed by atoms with Crippen LogP contribution in [0.1, 0.15) is 43.6 Å². The summed E-state index contributed by atoms with van der Waals surface area (Å²) in [7, 11) is 0. The molecule has 170 valence electrons. The van der Waals surface area contributed by atoms with Crippen molar-refractivity contribution in [1.82, 2.24) is 15.3 Å². The third-order valence-corrected chi connectivity index (χ3v) is 5.35. The molecular weight excluding hydrogens is 454 g/mol. The minimum Gasteiger partial charge on any atom is -0.489 e. The van der Waals surface area contributed by atoms with Crippen LogP contribution in [0.4, 0.5) is 0 Å².